The Morgan fingerprint density at radius 3 is 1.00 bits per heavy atom. The van der Waals surface area contributed by atoms with Crippen molar-refractivity contribution in [1.29, 1.82) is 0 Å². The minimum atomic E-state index is -3.72. The summed E-state index contributed by atoms with van der Waals surface area (Å²) in [6.07, 6.45) is 3.76. The molecule has 0 bridgehead atoms. The lowest BCUT2D eigenvalue weighted by Gasteiger charge is -2.28. The van der Waals surface area contributed by atoms with Crippen LogP contribution in [0.15, 0.2) is 0 Å². The third kappa shape index (κ3) is 14.6. The van der Waals surface area contributed by atoms with Crippen LogP contribution in [0.1, 0.15) is 80.1 Å². The topological polar surface area (TPSA) is 105 Å². The van der Waals surface area contributed by atoms with Crippen LogP contribution >= 0.6 is 7.82 Å². The monoisotopic (exact) mass is 440 g/mol. The van der Waals surface area contributed by atoms with E-state index in [1.165, 1.54) is 0 Å². The predicted molar refractivity (Wildman–Crippen MR) is 116 cm³/mol. The Bertz CT molecular complexity index is 411. The van der Waals surface area contributed by atoms with Gasteiger partial charge >= 0.3 is 7.82 Å². The fourth-order valence-corrected chi connectivity index (χ4v) is 3.86. The number of hydrogen-bond acceptors (Lipinski definition) is 7. The Hall–Kier alpha value is -0.0100. The van der Waals surface area contributed by atoms with Crippen molar-refractivity contribution in [3.05, 3.63) is 0 Å². The quantitative estimate of drug-likeness (QED) is 0.269. The van der Waals surface area contributed by atoms with Crippen molar-refractivity contribution >= 4 is 7.82 Å². The molecule has 0 aliphatic heterocycles. The summed E-state index contributed by atoms with van der Waals surface area (Å²) in [7, 11) is -3.72. The molecule has 0 atom stereocenters. The van der Waals surface area contributed by atoms with Gasteiger partial charge in [-0.05, 0) is 54.8 Å². The number of phosphoric ester groups is 1. The van der Waals surface area contributed by atoms with Gasteiger partial charge in [-0.3, -0.25) is 13.6 Å². The molecule has 3 N–H and O–H groups in total. The van der Waals surface area contributed by atoms with Gasteiger partial charge in [0.15, 0.2) is 0 Å². The molecule has 0 aromatic rings. The molecule has 176 valence electrons. The highest BCUT2D eigenvalue weighted by Gasteiger charge is 2.30. The molecule has 8 heteroatoms. The van der Waals surface area contributed by atoms with Crippen LogP contribution < -0.4 is 0 Å². The van der Waals surface area contributed by atoms with Gasteiger partial charge in [-0.25, -0.2) is 4.57 Å². The fraction of sp³-hybridized carbons (Fsp3) is 1.00. The Kier molecular flexibility index (Phi) is 13.4. The summed E-state index contributed by atoms with van der Waals surface area (Å²) in [5, 5.41) is 27.5. The first-order chi connectivity index (χ1) is 13.3. The van der Waals surface area contributed by atoms with E-state index in [1.807, 2.05) is 41.5 Å². The Morgan fingerprint density at radius 2 is 0.793 bits per heavy atom. The summed E-state index contributed by atoms with van der Waals surface area (Å²) < 4.78 is 29.9. The molecule has 0 aliphatic rings. The van der Waals surface area contributed by atoms with E-state index in [9.17, 15) is 4.57 Å². The maximum atomic E-state index is 13.1. The normalized spacial score (nSPS) is 13.8. The number of hydrogen-bond donors (Lipinski definition) is 3. The van der Waals surface area contributed by atoms with Crippen molar-refractivity contribution < 1.29 is 33.5 Å². The first-order valence-electron chi connectivity index (χ1n) is 10.7. The van der Waals surface area contributed by atoms with E-state index in [1.54, 1.807) is 0 Å². The van der Waals surface area contributed by atoms with Crippen LogP contribution in [0.2, 0.25) is 0 Å². The number of aliphatic hydroxyl groups is 3. The van der Waals surface area contributed by atoms with Crippen molar-refractivity contribution in [2.24, 2.45) is 16.2 Å². The van der Waals surface area contributed by atoms with Gasteiger partial charge in [0, 0.05) is 19.8 Å². The van der Waals surface area contributed by atoms with Crippen LogP contribution in [-0.2, 0) is 18.1 Å². The van der Waals surface area contributed by atoms with Crippen LogP contribution in [0.25, 0.3) is 0 Å². The van der Waals surface area contributed by atoms with Crippen LogP contribution in [0.3, 0.4) is 0 Å². The van der Waals surface area contributed by atoms with Crippen LogP contribution in [0.5, 0.6) is 0 Å². The van der Waals surface area contributed by atoms with Crippen molar-refractivity contribution in [3.63, 3.8) is 0 Å². The van der Waals surface area contributed by atoms with E-state index in [0.717, 1.165) is 0 Å². The van der Waals surface area contributed by atoms with Gasteiger partial charge in [0.25, 0.3) is 0 Å². The highest BCUT2D eigenvalue weighted by Crippen LogP contribution is 2.51. The molecule has 29 heavy (non-hydrogen) atoms. The van der Waals surface area contributed by atoms with E-state index in [4.69, 9.17) is 28.9 Å². The lowest BCUT2D eigenvalue weighted by molar-refractivity contribution is 0.0767. The smallest absolute Gasteiger partial charge is 0.396 e. The Morgan fingerprint density at radius 1 is 0.552 bits per heavy atom. The fourth-order valence-electron chi connectivity index (χ4n) is 2.70. The van der Waals surface area contributed by atoms with Crippen molar-refractivity contribution in [1.82, 2.24) is 0 Å². The van der Waals surface area contributed by atoms with Gasteiger partial charge in [-0.15, -0.1) is 0 Å². The SMILES string of the molecule is CC(C)(CCO)CCOP(=O)(OCCC(C)(C)CCO)OCCC(C)(C)CCO. The minimum absolute atomic E-state index is 0.0948. The molecule has 0 fully saturated rings. The highest BCUT2D eigenvalue weighted by atomic mass is 31.2. The van der Waals surface area contributed by atoms with Crippen LogP contribution in [-0.4, -0.2) is 55.0 Å². The molecule has 0 aromatic carbocycles. The van der Waals surface area contributed by atoms with Gasteiger partial charge in [0.05, 0.1) is 19.8 Å². The van der Waals surface area contributed by atoms with Gasteiger partial charge in [-0.1, -0.05) is 41.5 Å². The Labute approximate surface area is 177 Å². The zero-order valence-corrected chi connectivity index (χ0v) is 20.3. The zero-order chi connectivity index (χ0) is 22.6. The molecule has 7 nitrogen and oxygen atoms in total. The second kappa shape index (κ2) is 13.4. The average molecular weight is 441 g/mol. The van der Waals surface area contributed by atoms with E-state index in [0.29, 0.717) is 38.5 Å². The Balaban J connectivity index is 4.81. The van der Waals surface area contributed by atoms with Gasteiger partial charge in [0.2, 0.25) is 0 Å². The standard InChI is InChI=1S/C21H45O7P/c1-19(2,7-13-22)10-16-26-29(25,27-17-11-20(3,4)8-14-23)28-18-12-21(5,6)9-15-24/h22-24H,7-18H2,1-6H3. The molecular formula is C21H45O7P. The molecule has 0 radical (unpaired) electrons. The van der Waals surface area contributed by atoms with Gasteiger partial charge in [0.1, 0.15) is 0 Å². The summed E-state index contributed by atoms with van der Waals surface area (Å²) in [6.45, 7) is 13.1. The first kappa shape index (κ1) is 29.0. The molecule has 0 spiro atoms. The molecule has 0 aromatic heterocycles. The predicted octanol–water partition coefficient (Wildman–Crippen LogP) is 4.54. The zero-order valence-electron chi connectivity index (χ0n) is 19.4. The van der Waals surface area contributed by atoms with Crippen molar-refractivity contribution in [2.45, 2.75) is 80.1 Å². The highest BCUT2D eigenvalue weighted by molar-refractivity contribution is 7.48. The summed E-state index contributed by atoms with van der Waals surface area (Å²) in [6, 6.07) is 0. The molecule has 0 saturated heterocycles. The average Bonchev–Trinajstić information content (AvgIpc) is 2.53. The van der Waals surface area contributed by atoms with E-state index in [2.05, 4.69) is 0 Å². The lowest BCUT2D eigenvalue weighted by Crippen LogP contribution is -2.19. The summed E-state index contributed by atoms with van der Waals surface area (Å²) in [5.41, 5.74) is -0.399. The largest absolute Gasteiger partial charge is 0.474 e. The summed E-state index contributed by atoms with van der Waals surface area (Å²) >= 11 is 0. The lowest BCUT2D eigenvalue weighted by atomic mass is 9.86. The van der Waals surface area contributed by atoms with E-state index in [-0.39, 0.29) is 55.9 Å². The van der Waals surface area contributed by atoms with E-state index >= 15 is 0 Å². The third-order valence-corrected chi connectivity index (χ3v) is 6.95. The molecule has 0 heterocycles. The molecule has 0 aliphatic carbocycles. The van der Waals surface area contributed by atoms with Gasteiger partial charge in [-0.2, -0.15) is 0 Å². The van der Waals surface area contributed by atoms with Crippen molar-refractivity contribution in [3.8, 4) is 0 Å². The first-order valence-corrected chi connectivity index (χ1v) is 12.1. The van der Waals surface area contributed by atoms with E-state index < -0.39 is 7.82 Å². The molecule has 0 saturated carbocycles. The third-order valence-electron chi connectivity index (χ3n) is 5.45. The number of rotatable bonds is 18. The van der Waals surface area contributed by atoms with Crippen LogP contribution in [0.4, 0.5) is 0 Å². The number of aliphatic hydroxyl groups excluding tert-OH is 3. The molecule has 0 amide bonds. The van der Waals surface area contributed by atoms with Crippen molar-refractivity contribution in [2.75, 3.05) is 39.6 Å². The maximum absolute atomic E-state index is 13.1. The van der Waals surface area contributed by atoms with Crippen LogP contribution in [0, 0.1) is 16.2 Å². The molecular weight excluding hydrogens is 395 g/mol. The summed E-state index contributed by atoms with van der Waals surface area (Å²) in [5.74, 6) is 0. The minimum Gasteiger partial charge on any atom is -0.396 e. The second-order valence-electron chi connectivity index (χ2n) is 10.1. The molecule has 0 unspecified atom stereocenters. The second-order valence-corrected chi connectivity index (χ2v) is 11.8. The number of phosphoric acid groups is 1. The van der Waals surface area contributed by atoms with Gasteiger partial charge < -0.3 is 15.3 Å². The maximum Gasteiger partial charge on any atom is 0.474 e. The summed E-state index contributed by atoms with van der Waals surface area (Å²) in [4.78, 5) is 0. The molecule has 0 rings (SSSR count).